The van der Waals surface area contributed by atoms with Crippen LogP contribution in [0.4, 0.5) is 5.13 Å². The van der Waals surface area contributed by atoms with Gasteiger partial charge >= 0.3 is 0 Å². The number of amides is 1. The molecule has 142 valence electrons. The smallest absolute Gasteiger partial charge is 0.233 e. The van der Waals surface area contributed by atoms with Crippen molar-refractivity contribution < 1.29 is 9.21 Å². The van der Waals surface area contributed by atoms with Crippen molar-refractivity contribution in [2.24, 2.45) is 0 Å². The molecule has 1 amide bonds. The Morgan fingerprint density at radius 2 is 2.11 bits per heavy atom. The van der Waals surface area contributed by atoms with Gasteiger partial charge in [0, 0.05) is 49.5 Å². The summed E-state index contributed by atoms with van der Waals surface area (Å²) in [6.07, 6.45) is 1.78. The number of hydrogen-bond donors (Lipinski definition) is 0. The van der Waals surface area contributed by atoms with Gasteiger partial charge in [0.1, 0.15) is 17.2 Å². The Balaban J connectivity index is 1.44. The van der Waals surface area contributed by atoms with Crippen LogP contribution in [0.2, 0.25) is 0 Å². The van der Waals surface area contributed by atoms with E-state index in [-0.39, 0.29) is 11.8 Å². The van der Waals surface area contributed by atoms with Crippen LogP contribution < -0.4 is 4.90 Å². The van der Waals surface area contributed by atoms with Gasteiger partial charge in [0.25, 0.3) is 0 Å². The number of aromatic nitrogens is 2. The quantitative estimate of drug-likeness (QED) is 0.686. The standard InChI is InChI=1S/C20H24N4O2S/c1-3-18-21-20(27-22-18)24-10-6-9-23(11-12-24)19(25)14(2)17-13-15-7-4-5-8-16(15)26-17/h4-5,7-8,13-14H,3,6,9-12H2,1-2H3. The van der Waals surface area contributed by atoms with E-state index in [1.165, 1.54) is 11.5 Å². The molecule has 0 bridgehead atoms. The normalized spacial score (nSPS) is 16.5. The monoisotopic (exact) mass is 384 g/mol. The third-order valence-corrected chi connectivity index (χ3v) is 5.91. The Bertz CT molecular complexity index is 902. The van der Waals surface area contributed by atoms with Crippen molar-refractivity contribution in [1.82, 2.24) is 14.3 Å². The van der Waals surface area contributed by atoms with E-state index in [0.717, 1.165) is 60.2 Å². The SMILES string of the molecule is CCc1nsc(N2CCCN(C(=O)C(C)c3cc4ccccc4o3)CC2)n1. The number of carbonyl (C=O) groups excluding carboxylic acids is 1. The highest BCUT2D eigenvalue weighted by Crippen LogP contribution is 2.27. The summed E-state index contributed by atoms with van der Waals surface area (Å²) in [5.41, 5.74) is 0.831. The molecule has 1 fully saturated rings. The van der Waals surface area contributed by atoms with E-state index >= 15 is 0 Å². The Labute approximate surface area is 163 Å². The van der Waals surface area contributed by atoms with Gasteiger partial charge in [-0.2, -0.15) is 4.37 Å². The lowest BCUT2D eigenvalue weighted by Crippen LogP contribution is -2.37. The van der Waals surface area contributed by atoms with E-state index in [9.17, 15) is 4.79 Å². The van der Waals surface area contributed by atoms with Gasteiger partial charge in [0.05, 0.1) is 5.92 Å². The van der Waals surface area contributed by atoms with E-state index in [4.69, 9.17) is 4.42 Å². The fourth-order valence-corrected chi connectivity index (χ4v) is 4.26. The molecular weight excluding hydrogens is 360 g/mol. The number of carbonyl (C=O) groups is 1. The zero-order valence-electron chi connectivity index (χ0n) is 15.7. The molecule has 1 aliphatic heterocycles. The van der Waals surface area contributed by atoms with Crippen molar-refractivity contribution in [3.05, 3.63) is 41.9 Å². The number of aryl methyl sites for hydroxylation is 1. The van der Waals surface area contributed by atoms with E-state index < -0.39 is 0 Å². The molecule has 0 radical (unpaired) electrons. The van der Waals surface area contributed by atoms with Crippen LogP contribution in [0.3, 0.4) is 0 Å². The number of para-hydroxylation sites is 1. The molecule has 0 saturated carbocycles. The molecule has 7 heteroatoms. The fourth-order valence-electron chi connectivity index (χ4n) is 3.46. The van der Waals surface area contributed by atoms with Gasteiger partial charge in [-0.15, -0.1) is 0 Å². The fraction of sp³-hybridized carbons (Fsp3) is 0.450. The Morgan fingerprint density at radius 1 is 1.26 bits per heavy atom. The first-order valence-corrected chi connectivity index (χ1v) is 10.3. The van der Waals surface area contributed by atoms with Gasteiger partial charge in [-0.05, 0) is 25.5 Å². The lowest BCUT2D eigenvalue weighted by molar-refractivity contribution is -0.132. The summed E-state index contributed by atoms with van der Waals surface area (Å²) in [5.74, 6) is 1.48. The predicted molar refractivity (Wildman–Crippen MR) is 107 cm³/mol. The second kappa shape index (κ2) is 7.68. The van der Waals surface area contributed by atoms with Crippen LogP contribution in [-0.2, 0) is 11.2 Å². The molecular formula is C20H24N4O2S. The van der Waals surface area contributed by atoms with Crippen LogP contribution in [0.1, 0.15) is 37.8 Å². The minimum Gasteiger partial charge on any atom is -0.460 e. The number of hydrogen-bond acceptors (Lipinski definition) is 6. The van der Waals surface area contributed by atoms with Crippen molar-refractivity contribution >= 4 is 33.5 Å². The summed E-state index contributed by atoms with van der Waals surface area (Å²) in [6.45, 7) is 7.15. The third kappa shape index (κ3) is 3.69. The lowest BCUT2D eigenvalue weighted by atomic mass is 10.1. The van der Waals surface area contributed by atoms with E-state index in [0.29, 0.717) is 6.54 Å². The van der Waals surface area contributed by atoms with Gasteiger partial charge in [-0.1, -0.05) is 25.1 Å². The summed E-state index contributed by atoms with van der Waals surface area (Å²) < 4.78 is 10.3. The first-order valence-electron chi connectivity index (χ1n) is 9.50. The first-order chi connectivity index (χ1) is 13.2. The highest BCUT2D eigenvalue weighted by atomic mass is 32.1. The summed E-state index contributed by atoms with van der Waals surface area (Å²) in [7, 11) is 0. The maximum absolute atomic E-state index is 13.0. The van der Waals surface area contributed by atoms with Gasteiger partial charge in [0.2, 0.25) is 11.0 Å². The number of furan rings is 1. The van der Waals surface area contributed by atoms with Crippen LogP contribution in [0.25, 0.3) is 11.0 Å². The molecule has 0 spiro atoms. The highest BCUT2D eigenvalue weighted by Gasteiger charge is 2.27. The van der Waals surface area contributed by atoms with Gasteiger partial charge in [0.15, 0.2) is 0 Å². The topological polar surface area (TPSA) is 62.5 Å². The largest absolute Gasteiger partial charge is 0.460 e. The third-order valence-electron chi connectivity index (χ3n) is 5.09. The van der Waals surface area contributed by atoms with Crippen molar-refractivity contribution in [2.45, 2.75) is 32.6 Å². The van der Waals surface area contributed by atoms with Crippen LogP contribution in [0.5, 0.6) is 0 Å². The molecule has 1 atom stereocenters. The molecule has 1 aromatic carbocycles. The number of anilines is 1. The second-order valence-electron chi connectivity index (χ2n) is 6.92. The van der Waals surface area contributed by atoms with Gasteiger partial charge in [-0.25, -0.2) is 4.98 Å². The average molecular weight is 385 g/mol. The molecule has 0 aliphatic carbocycles. The highest BCUT2D eigenvalue weighted by molar-refractivity contribution is 7.09. The number of rotatable bonds is 4. The summed E-state index contributed by atoms with van der Waals surface area (Å²) in [4.78, 5) is 21.8. The first kappa shape index (κ1) is 18.0. The van der Waals surface area contributed by atoms with Crippen molar-refractivity contribution in [3.63, 3.8) is 0 Å². The maximum Gasteiger partial charge on any atom is 0.233 e. The molecule has 1 saturated heterocycles. The zero-order valence-corrected chi connectivity index (χ0v) is 16.5. The molecule has 3 aromatic rings. The van der Waals surface area contributed by atoms with Gasteiger partial charge in [-0.3, -0.25) is 4.79 Å². The van der Waals surface area contributed by atoms with Crippen molar-refractivity contribution in [1.29, 1.82) is 0 Å². The van der Waals surface area contributed by atoms with Gasteiger partial charge < -0.3 is 14.2 Å². The molecule has 3 heterocycles. The molecule has 27 heavy (non-hydrogen) atoms. The minimum absolute atomic E-state index is 0.127. The molecule has 4 rings (SSSR count). The average Bonchev–Trinajstić information content (AvgIpc) is 3.28. The lowest BCUT2D eigenvalue weighted by Gasteiger charge is -2.23. The minimum atomic E-state index is -0.280. The van der Waals surface area contributed by atoms with Crippen LogP contribution >= 0.6 is 11.5 Å². The van der Waals surface area contributed by atoms with Crippen molar-refractivity contribution in [3.8, 4) is 0 Å². The van der Waals surface area contributed by atoms with E-state index in [2.05, 4.69) is 21.2 Å². The Kier molecular flexibility index (Phi) is 5.11. The summed E-state index contributed by atoms with van der Waals surface area (Å²) >= 11 is 1.45. The Hall–Kier alpha value is -2.41. The van der Waals surface area contributed by atoms with Crippen LogP contribution in [0, 0.1) is 0 Å². The molecule has 2 aromatic heterocycles. The molecule has 0 N–H and O–H groups in total. The summed E-state index contributed by atoms with van der Waals surface area (Å²) in [5, 5.41) is 2.00. The van der Waals surface area contributed by atoms with Crippen LogP contribution in [-0.4, -0.2) is 46.3 Å². The van der Waals surface area contributed by atoms with Crippen LogP contribution in [0.15, 0.2) is 34.7 Å². The zero-order chi connectivity index (χ0) is 18.8. The molecule has 1 unspecified atom stereocenters. The molecule has 1 aliphatic rings. The Morgan fingerprint density at radius 3 is 2.89 bits per heavy atom. The number of fused-ring (bicyclic) bond motifs is 1. The number of benzene rings is 1. The summed E-state index contributed by atoms with van der Waals surface area (Å²) in [6, 6.07) is 9.86. The second-order valence-corrected chi connectivity index (χ2v) is 7.65. The number of nitrogens with zero attached hydrogens (tertiary/aromatic N) is 4. The van der Waals surface area contributed by atoms with E-state index in [1.54, 1.807) is 0 Å². The van der Waals surface area contributed by atoms with E-state index in [1.807, 2.05) is 42.2 Å². The molecule has 6 nitrogen and oxygen atoms in total. The predicted octanol–water partition coefficient (Wildman–Crippen LogP) is 3.69. The maximum atomic E-state index is 13.0. The van der Waals surface area contributed by atoms with Crippen molar-refractivity contribution in [2.75, 3.05) is 31.1 Å².